The number of benzene rings is 1. The molecule has 1 amide bonds. The van der Waals surface area contributed by atoms with Crippen LogP contribution in [0.4, 0.5) is 11.5 Å². The molecular formula is C14H13Br2N3O. The van der Waals surface area contributed by atoms with E-state index in [1.807, 2.05) is 25.1 Å². The van der Waals surface area contributed by atoms with Gasteiger partial charge in [0.05, 0.1) is 5.69 Å². The van der Waals surface area contributed by atoms with Gasteiger partial charge in [0.2, 0.25) is 0 Å². The van der Waals surface area contributed by atoms with Crippen molar-refractivity contribution >= 4 is 49.3 Å². The normalized spacial score (nSPS) is 10.2. The van der Waals surface area contributed by atoms with Gasteiger partial charge in [-0.05, 0) is 53.2 Å². The molecule has 0 aliphatic carbocycles. The van der Waals surface area contributed by atoms with Crippen molar-refractivity contribution in [1.29, 1.82) is 0 Å². The van der Waals surface area contributed by atoms with E-state index < -0.39 is 0 Å². The number of carbonyl (C=O) groups is 1. The maximum Gasteiger partial charge on any atom is 0.255 e. The topological polar surface area (TPSA) is 54.0 Å². The van der Waals surface area contributed by atoms with Gasteiger partial charge in [-0.25, -0.2) is 4.98 Å². The van der Waals surface area contributed by atoms with E-state index >= 15 is 0 Å². The van der Waals surface area contributed by atoms with E-state index in [2.05, 4.69) is 47.5 Å². The summed E-state index contributed by atoms with van der Waals surface area (Å²) >= 11 is 6.79. The van der Waals surface area contributed by atoms with Crippen molar-refractivity contribution in [2.75, 3.05) is 17.2 Å². The first-order chi connectivity index (χ1) is 9.60. The fourth-order valence-electron chi connectivity index (χ4n) is 1.64. The second kappa shape index (κ2) is 6.85. The maximum atomic E-state index is 12.2. The van der Waals surface area contributed by atoms with Gasteiger partial charge in [-0.3, -0.25) is 4.79 Å². The number of carbonyl (C=O) groups excluding carboxylic acids is 1. The predicted molar refractivity (Wildman–Crippen MR) is 88.2 cm³/mol. The molecule has 0 aliphatic rings. The highest BCUT2D eigenvalue weighted by molar-refractivity contribution is 9.11. The monoisotopic (exact) mass is 397 g/mol. The number of pyridine rings is 1. The van der Waals surface area contributed by atoms with Crippen LogP contribution < -0.4 is 10.6 Å². The first kappa shape index (κ1) is 15.0. The molecule has 0 fully saturated rings. The molecule has 0 radical (unpaired) electrons. The Morgan fingerprint density at radius 2 is 2.05 bits per heavy atom. The quantitative estimate of drug-likeness (QED) is 0.807. The van der Waals surface area contributed by atoms with Gasteiger partial charge in [-0.1, -0.05) is 15.9 Å². The molecule has 104 valence electrons. The highest BCUT2D eigenvalue weighted by atomic mass is 79.9. The van der Waals surface area contributed by atoms with Gasteiger partial charge in [0, 0.05) is 27.3 Å². The lowest BCUT2D eigenvalue weighted by Crippen LogP contribution is -2.13. The summed E-state index contributed by atoms with van der Waals surface area (Å²) in [5, 5.41) is 5.94. The number of amides is 1. The zero-order valence-electron chi connectivity index (χ0n) is 10.8. The molecular weight excluding hydrogens is 386 g/mol. The van der Waals surface area contributed by atoms with Crippen molar-refractivity contribution in [2.45, 2.75) is 6.92 Å². The minimum absolute atomic E-state index is 0.176. The lowest BCUT2D eigenvalue weighted by molar-refractivity contribution is 0.102. The number of rotatable bonds is 4. The Kier molecular flexibility index (Phi) is 5.14. The van der Waals surface area contributed by atoms with Crippen LogP contribution in [0.25, 0.3) is 0 Å². The van der Waals surface area contributed by atoms with E-state index in [9.17, 15) is 4.79 Å². The smallest absolute Gasteiger partial charge is 0.255 e. The Hall–Kier alpha value is -1.40. The van der Waals surface area contributed by atoms with Crippen molar-refractivity contribution in [3.63, 3.8) is 0 Å². The van der Waals surface area contributed by atoms with Crippen LogP contribution in [0.3, 0.4) is 0 Å². The van der Waals surface area contributed by atoms with Crippen LogP contribution in [-0.4, -0.2) is 17.4 Å². The molecule has 4 nitrogen and oxygen atoms in total. The third kappa shape index (κ3) is 3.80. The lowest BCUT2D eigenvalue weighted by atomic mass is 10.2. The molecule has 0 bridgehead atoms. The molecule has 1 aromatic carbocycles. The summed E-state index contributed by atoms with van der Waals surface area (Å²) in [7, 11) is 0. The molecule has 6 heteroatoms. The third-order valence-electron chi connectivity index (χ3n) is 2.56. The molecule has 2 aromatic rings. The molecule has 0 saturated heterocycles. The zero-order valence-corrected chi connectivity index (χ0v) is 14.0. The van der Waals surface area contributed by atoms with Crippen LogP contribution in [-0.2, 0) is 0 Å². The summed E-state index contributed by atoms with van der Waals surface area (Å²) in [6.07, 6.45) is 1.61. The summed E-state index contributed by atoms with van der Waals surface area (Å²) in [6, 6.07) is 9.02. The second-order valence-electron chi connectivity index (χ2n) is 4.04. The predicted octanol–water partition coefficient (Wildman–Crippen LogP) is 4.29. The first-order valence-electron chi connectivity index (χ1n) is 6.06. The molecule has 20 heavy (non-hydrogen) atoms. The molecule has 0 atom stereocenters. The number of anilines is 2. The summed E-state index contributed by atoms with van der Waals surface area (Å²) in [5.41, 5.74) is 1.27. The molecule has 0 spiro atoms. The van der Waals surface area contributed by atoms with Crippen molar-refractivity contribution in [3.05, 3.63) is 51.0 Å². The van der Waals surface area contributed by atoms with E-state index in [1.165, 1.54) is 0 Å². The third-order valence-corrected chi connectivity index (χ3v) is 3.74. The minimum Gasteiger partial charge on any atom is -0.370 e. The Morgan fingerprint density at radius 1 is 1.25 bits per heavy atom. The number of halogens is 2. The van der Waals surface area contributed by atoms with Gasteiger partial charge in [0.25, 0.3) is 5.91 Å². The average Bonchev–Trinajstić information content (AvgIpc) is 2.43. The van der Waals surface area contributed by atoms with Gasteiger partial charge in [0.1, 0.15) is 5.82 Å². The van der Waals surface area contributed by atoms with E-state index in [-0.39, 0.29) is 5.91 Å². The van der Waals surface area contributed by atoms with Crippen LogP contribution in [0, 0.1) is 0 Å². The fraction of sp³-hybridized carbons (Fsp3) is 0.143. The SMILES string of the molecule is CCNc1cc(C(=O)Nc2cc(Br)ccc2Br)ccn1. The van der Waals surface area contributed by atoms with Gasteiger partial charge >= 0.3 is 0 Å². The van der Waals surface area contributed by atoms with Crippen LogP contribution in [0.2, 0.25) is 0 Å². The van der Waals surface area contributed by atoms with Crippen LogP contribution in [0.15, 0.2) is 45.5 Å². The molecule has 0 saturated carbocycles. The summed E-state index contributed by atoms with van der Waals surface area (Å²) in [6.45, 7) is 2.74. The van der Waals surface area contributed by atoms with Gasteiger partial charge in [-0.15, -0.1) is 0 Å². The largest absolute Gasteiger partial charge is 0.370 e. The van der Waals surface area contributed by atoms with Crippen LogP contribution in [0.5, 0.6) is 0 Å². The van der Waals surface area contributed by atoms with Crippen LogP contribution >= 0.6 is 31.9 Å². The Labute approximate surface area is 134 Å². The minimum atomic E-state index is -0.176. The molecule has 2 N–H and O–H groups in total. The first-order valence-corrected chi connectivity index (χ1v) is 7.65. The van der Waals surface area contributed by atoms with E-state index in [0.717, 1.165) is 15.5 Å². The number of nitrogens with one attached hydrogen (secondary N) is 2. The van der Waals surface area contributed by atoms with E-state index in [1.54, 1.807) is 18.3 Å². The number of nitrogens with zero attached hydrogens (tertiary/aromatic N) is 1. The van der Waals surface area contributed by atoms with E-state index in [4.69, 9.17) is 0 Å². The summed E-state index contributed by atoms with van der Waals surface area (Å²) in [5.74, 6) is 0.513. The van der Waals surface area contributed by atoms with Crippen molar-refractivity contribution in [1.82, 2.24) is 4.98 Å². The second-order valence-corrected chi connectivity index (χ2v) is 5.81. The van der Waals surface area contributed by atoms with Crippen molar-refractivity contribution < 1.29 is 4.79 Å². The van der Waals surface area contributed by atoms with E-state index in [0.29, 0.717) is 17.1 Å². The van der Waals surface area contributed by atoms with Gasteiger partial charge in [0.15, 0.2) is 0 Å². The molecule has 1 heterocycles. The van der Waals surface area contributed by atoms with Crippen LogP contribution in [0.1, 0.15) is 17.3 Å². The molecule has 1 aromatic heterocycles. The van der Waals surface area contributed by atoms with Gasteiger partial charge in [-0.2, -0.15) is 0 Å². The zero-order chi connectivity index (χ0) is 14.5. The molecule has 0 unspecified atom stereocenters. The van der Waals surface area contributed by atoms with Crippen molar-refractivity contribution in [3.8, 4) is 0 Å². The number of hydrogen-bond donors (Lipinski definition) is 2. The maximum absolute atomic E-state index is 12.2. The summed E-state index contributed by atoms with van der Waals surface area (Å²) < 4.78 is 1.73. The number of hydrogen-bond acceptors (Lipinski definition) is 3. The standard InChI is InChI=1S/C14H13Br2N3O/c1-2-17-13-7-9(5-6-18-13)14(20)19-12-8-10(15)3-4-11(12)16/h3-8H,2H2,1H3,(H,17,18)(H,19,20). The molecule has 0 aliphatic heterocycles. The lowest BCUT2D eigenvalue weighted by Gasteiger charge is -2.09. The fourth-order valence-corrected chi connectivity index (χ4v) is 2.34. The highest BCUT2D eigenvalue weighted by Crippen LogP contribution is 2.26. The average molecular weight is 399 g/mol. The summed E-state index contributed by atoms with van der Waals surface area (Å²) in [4.78, 5) is 16.4. The van der Waals surface area contributed by atoms with Crippen molar-refractivity contribution in [2.24, 2.45) is 0 Å². The molecule has 2 rings (SSSR count). The highest BCUT2D eigenvalue weighted by Gasteiger charge is 2.09. The Morgan fingerprint density at radius 3 is 2.80 bits per heavy atom. The van der Waals surface area contributed by atoms with Gasteiger partial charge < -0.3 is 10.6 Å². The Balaban J connectivity index is 2.19. The number of aromatic nitrogens is 1. The Bertz CT molecular complexity index is 632.